The van der Waals surface area contributed by atoms with E-state index in [9.17, 15) is 9.59 Å². The van der Waals surface area contributed by atoms with Gasteiger partial charge in [-0.3, -0.25) is 4.79 Å². The van der Waals surface area contributed by atoms with Crippen molar-refractivity contribution in [3.05, 3.63) is 23.2 Å². The van der Waals surface area contributed by atoms with Gasteiger partial charge in [-0.1, -0.05) is 0 Å². The smallest absolute Gasteiger partial charge is 0.341 e. The lowest BCUT2D eigenvalue weighted by atomic mass is 9.98. The van der Waals surface area contributed by atoms with Gasteiger partial charge in [0.05, 0.1) is 19.6 Å². The largest absolute Gasteiger partial charge is 0.466 e. The third-order valence-electron chi connectivity index (χ3n) is 4.43. The Kier molecular flexibility index (Phi) is 10.3. The number of carbonyl (C=O) groups is 2. The number of nitrogens with zero attached hydrogens (tertiary/aromatic N) is 2. The van der Waals surface area contributed by atoms with Gasteiger partial charge in [0.1, 0.15) is 23.6 Å². The van der Waals surface area contributed by atoms with Crippen LogP contribution in [0.25, 0.3) is 0 Å². The molecule has 1 saturated heterocycles. The molecule has 1 aromatic heterocycles. The summed E-state index contributed by atoms with van der Waals surface area (Å²) in [6, 6.07) is 1.66. The van der Waals surface area contributed by atoms with Crippen LogP contribution in [0.1, 0.15) is 48.6 Å². The van der Waals surface area contributed by atoms with Crippen LogP contribution < -0.4 is 5.32 Å². The Labute approximate surface area is 183 Å². The third-order valence-corrected chi connectivity index (χ3v) is 4.43. The maximum atomic E-state index is 12.1. The lowest BCUT2D eigenvalue weighted by Gasteiger charge is -2.33. The van der Waals surface area contributed by atoms with Gasteiger partial charge in [-0.25, -0.2) is 9.79 Å². The molecule has 0 radical (unpaired) electrons. The number of furan rings is 1. The van der Waals surface area contributed by atoms with E-state index in [1.807, 2.05) is 13.8 Å². The fourth-order valence-electron chi connectivity index (χ4n) is 3.13. The van der Waals surface area contributed by atoms with E-state index in [0.717, 1.165) is 25.3 Å². The predicted octanol–water partition coefficient (Wildman–Crippen LogP) is 2.73. The molecule has 1 aliphatic rings. The first-order valence-electron chi connectivity index (χ1n) is 9.37. The summed E-state index contributed by atoms with van der Waals surface area (Å²) in [5, 5.41) is 3.26. The summed E-state index contributed by atoms with van der Waals surface area (Å²) in [5.74, 6) is 1.10. The molecule has 1 atom stereocenters. The van der Waals surface area contributed by atoms with Gasteiger partial charge in [-0.05, 0) is 39.7 Å². The molecule has 1 aliphatic heterocycles. The molecule has 0 spiro atoms. The van der Waals surface area contributed by atoms with Crippen molar-refractivity contribution in [2.75, 3.05) is 33.4 Å². The molecule has 0 bridgehead atoms. The number of esters is 2. The van der Waals surface area contributed by atoms with Crippen molar-refractivity contribution in [1.29, 1.82) is 0 Å². The van der Waals surface area contributed by atoms with Crippen LogP contribution in [0.15, 0.2) is 15.5 Å². The molecule has 2 rings (SSSR count). The molecule has 9 heteroatoms. The van der Waals surface area contributed by atoms with Gasteiger partial charge in [0.25, 0.3) is 0 Å². The van der Waals surface area contributed by atoms with Crippen molar-refractivity contribution in [2.45, 2.75) is 40.2 Å². The highest BCUT2D eigenvalue weighted by Crippen LogP contribution is 2.19. The molecule has 0 aliphatic carbocycles. The van der Waals surface area contributed by atoms with E-state index in [1.54, 1.807) is 13.0 Å². The van der Waals surface area contributed by atoms with E-state index >= 15 is 0 Å². The van der Waals surface area contributed by atoms with Crippen LogP contribution >= 0.6 is 24.0 Å². The summed E-state index contributed by atoms with van der Waals surface area (Å²) >= 11 is 0. The third kappa shape index (κ3) is 6.39. The van der Waals surface area contributed by atoms with E-state index in [0.29, 0.717) is 43.3 Å². The van der Waals surface area contributed by atoms with Crippen molar-refractivity contribution in [3.63, 3.8) is 0 Å². The molecule has 1 fully saturated rings. The molecule has 0 amide bonds. The van der Waals surface area contributed by atoms with Gasteiger partial charge < -0.3 is 24.1 Å². The van der Waals surface area contributed by atoms with Crippen molar-refractivity contribution in [2.24, 2.45) is 10.9 Å². The number of aryl methyl sites for hydroxylation is 1. The molecule has 1 unspecified atom stereocenters. The van der Waals surface area contributed by atoms with Crippen LogP contribution in [-0.4, -0.2) is 56.1 Å². The van der Waals surface area contributed by atoms with Gasteiger partial charge >= 0.3 is 11.9 Å². The zero-order valence-electron chi connectivity index (χ0n) is 16.9. The van der Waals surface area contributed by atoms with Gasteiger partial charge in [0.2, 0.25) is 0 Å². The quantitative estimate of drug-likeness (QED) is 0.274. The number of halogens is 1. The molecular formula is C19H30IN3O5. The first-order chi connectivity index (χ1) is 13.0. The van der Waals surface area contributed by atoms with Gasteiger partial charge in [-0.15, -0.1) is 24.0 Å². The van der Waals surface area contributed by atoms with Crippen LogP contribution in [0.5, 0.6) is 0 Å². The van der Waals surface area contributed by atoms with Crippen molar-refractivity contribution in [3.8, 4) is 0 Å². The number of nitrogens with one attached hydrogen (secondary N) is 1. The van der Waals surface area contributed by atoms with E-state index in [1.165, 1.54) is 7.11 Å². The topological polar surface area (TPSA) is 93.4 Å². The summed E-state index contributed by atoms with van der Waals surface area (Å²) in [5.41, 5.74) is 0.410. The first kappa shape index (κ1) is 24.3. The second-order valence-corrected chi connectivity index (χ2v) is 6.38. The maximum absolute atomic E-state index is 12.1. The standard InChI is InChI=1S/C19H29N3O5.HI/c1-5-20-19(22-9-7-8-14(12-22)17(23)26-6-2)21-11-15-10-16(13(3)27-15)18(24)25-4;/h10,14H,5-9,11-12H2,1-4H3,(H,20,21);1H. The number of ether oxygens (including phenoxy) is 2. The van der Waals surface area contributed by atoms with E-state index in [4.69, 9.17) is 13.9 Å². The van der Waals surface area contributed by atoms with Crippen molar-refractivity contribution < 1.29 is 23.5 Å². The molecule has 0 saturated carbocycles. The number of piperidine rings is 1. The number of hydrogen-bond donors (Lipinski definition) is 1. The van der Waals surface area contributed by atoms with Crippen molar-refractivity contribution >= 4 is 41.9 Å². The SMILES string of the molecule is CCNC(=NCc1cc(C(=O)OC)c(C)o1)N1CCCC(C(=O)OCC)C1.I. The lowest BCUT2D eigenvalue weighted by molar-refractivity contribution is -0.149. The second-order valence-electron chi connectivity index (χ2n) is 6.38. The number of carbonyl (C=O) groups excluding carboxylic acids is 2. The average molecular weight is 507 g/mol. The molecule has 158 valence electrons. The Bertz CT molecular complexity index is 689. The minimum atomic E-state index is -0.424. The molecule has 2 heterocycles. The lowest BCUT2D eigenvalue weighted by Crippen LogP contribution is -2.48. The van der Waals surface area contributed by atoms with Crippen LogP contribution in [0.3, 0.4) is 0 Å². The van der Waals surface area contributed by atoms with E-state index < -0.39 is 5.97 Å². The summed E-state index contributed by atoms with van der Waals surface area (Å²) in [6.45, 7) is 8.34. The number of guanidine groups is 1. The van der Waals surface area contributed by atoms with Gasteiger partial charge in [0, 0.05) is 19.6 Å². The monoisotopic (exact) mass is 507 g/mol. The molecule has 1 N–H and O–H groups in total. The highest BCUT2D eigenvalue weighted by molar-refractivity contribution is 14.0. The number of hydrogen-bond acceptors (Lipinski definition) is 6. The first-order valence-corrected chi connectivity index (χ1v) is 9.37. The summed E-state index contributed by atoms with van der Waals surface area (Å²) in [6.07, 6.45) is 1.73. The number of likely N-dealkylation sites (tertiary alicyclic amines) is 1. The Balaban J connectivity index is 0.00000392. The van der Waals surface area contributed by atoms with Gasteiger partial charge in [0.15, 0.2) is 5.96 Å². The predicted molar refractivity (Wildman–Crippen MR) is 116 cm³/mol. The summed E-state index contributed by atoms with van der Waals surface area (Å²) in [7, 11) is 1.34. The number of methoxy groups -OCH3 is 1. The minimum absolute atomic E-state index is 0. The Morgan fingerprint density at radius 1 is 1.39 bits per heavy atom. The second kappa shape index (κ2) is 11.9. The molecule has 1 aromatic rings. The minimum Gasteiger partial charge on any atom is -0.466 e. The van der Waals surface area contributed by atoms with E-state index in [-0.39, 0.29) is 35.9 Å². The molecular weight excluding hydrogens is 477 g/mol. The zero-order chi connectivity index (χ0) is 19.8. The number of aliphatic imine (C=N–C) groups is 1. The van der Waals surface area contributed by atoms with Crippen LogP contribution in [0, 0.1) is 12.8 Å². The molecule has 28 heavy (non-hydrogen) atoms. The van der Waals surface area contributed by atoms with Crippen molar-refractivity contribution in [1.82, 2.24) is 10.2 Å². The highest BCUT2D eigenvalue weighted by Gasteiger charge is 2.28. The Morgan fingerprint density at radius 2 is 2.14 bits per heavy atom. The normalized spacial score (nSPS) is 16.9. The van der Waals surface area contributed by atoms with Gasteiger partial charge in [-0.2, -0.15) is 0 Å². The van der Waals surface area contributed by atoms with E-state index in [2.05, 4.69) is 15.2 Å². The Morgan fingerprint density at radius 3 is 2.79 bits per heavy atom. The summed E-state index contributed by atoms with van der Waals surface area (Å²) in [4.78, 5) is 30.5. The zero-order valence-corrected chi connectivity index (χ0v) is 19.3. The molecule has 8 nitrogen and oxygen atoms in total. The highest BCUT2D eigenvalue weighted by atomic mass is 127. The summed E-state index contributed by atoms with van der Waals surface area (Å²) < 4.78 is 15.5. The fourth-order valence-corrected chi connectivity index (χ4v) is 3.13. The maximum Gasteiger partial charge on any atom is 0.341 e. The average Bonchev–Trinajstić information content (AvgIpc) is 3.05. The fraction of sp³-hybridized carbons (Fsp3) is 0.632. The van der Waals surface area contributed by atoms with Crippen LogP contribution in [-0.2, 0) is 20.8 Å². The molecule has 0 aromatic carbocycles. The number of rotatable bonds is 6. The Hall–Kier alpha value is -1.78. The van der Waals surface area contributed by atoms with Crippen LogP contribution in [0.4, 0.5) is 0 Å². The van der Waals surface area contributed by atoms with Crippen LogP contribution in [0.2, 0.25) is 0 Å².